The van der Waals surface area contributed by atoms with Crippen molar-refractivity contribution in [3.8, 4) is 0 Å². The standard InChI is InChI=1S/C17H20N2OS/c1-4-19-17(20)14-7-6-13(18)10-16(14)21-15-8-5-11(2)9-12(15)3/h5-10H,4,18H2,1-3H3,(H,19,20). The number of hydrogen-bond donors (Lipinski definition) is 2. The minimum Gasteiger partial charge on any atom is -0.399 e. The van der Waals surface area contributed by atoms with Gasteiger partial charge >= 0.3 is 0 Å². The van der Waals surface area contributed by atoms with Crippen LogP contribution in [0.2, 0.25) is 0 Å². The molecule has 0 aliphatic heterocycles. The molecule has 0 saturated heterocycles. The largest absolute Gasteiger partial charge is 0.399 e. The van der Waals surface area contributed by atoms with Gasteiger partial charge in [0.15, 0.2) is 0 Å². The first kappa shape index (κ1) is 15.4. The third kappa shape index (κ3) is 3.79. The van der Waals surface area contributed by atoms with Gasteiger partial charge in [0, 0.05) is 22.0 Å². The Balaban J connectivity index is 2.38. The second-order valence-corrected chi connectivity index (χ2v) is 6.07. The van der Waals surface area contributed by atoms with Crippen LogP contribution in [0.25, 0.3) is 0 Å². The molecule has 0 fully saturated rings. The van der Waals surface area contributed by atoms with E-state index >= 15 is 0 Å². The zero-order valence-corrected chi connectivity index (χ0v) is 13.4. The van der Waals surface area contributed by atoms with Gasteiger partial charge in [0.05, 0.1) is 5.56 Å². The Morgan fingerprint density at radius 2 is 1.90 bits per heavy atom. The molecule has 21 heavy (non-hydrogen) atoms. The summed E-state index contributed by atoms with van der Waals surface area (Å²) in [5.74, 6) is -0.0650. The Kier molecular flexibility index (Phi) is 4.91. The lowest BCUT2D eigenvalue weighted by Crippen LogP contribution is -2.23. The van der Waals surface area contributed by atoms with Crippen LogP contribution in [0.3, 0.4) is 0 Å². The number of carbonyl (C=O) groups excluding carboxylic acids is 1. The molecule has 0 heterocycles. The van der Waals surface area contributed by atoms with Crippen molar-refractivity contribution in [2.45, 2.75) is 30.6 Å². The number of nitrogens with two attached hydrogens (primary N) is 1. The molecule has 3 N–H and O–H groups in total. The second-order valence-electron chi connectivity index (χ2n) is 4.99. The Hall–Kier alpha value is -1.94. The molecule has 3 nitrogen and oxygen atoms in total. The fourth-order valence-corrected chi connectivity index (χ4v) is 3.16. The molecule has 0 radical (unpaired) electrons. The average molecular weight is 300 g/mol. The molecule has 0 aromatic heterocycles. The van der Waals surface area contributed by atoms with Crippen LogP contribution >= 0.6 is 11.8 Å². The zero-order valence-electron chi connectivity index (χ0n) is 12.6. The Labute approximate surface area is 129 Å². The highest BCUT2D eigenvalue weighted by Gasteiger charge is 2.13. The third-order valence-corrected chi connectivity index (χ3v) is 4.37. The fraction of sp³-hybridized carbons (Fsp3) is 0.235. The first-order chi connectivity index (χ1) is 10.0. The summed E-state index contributed by atoms with van der Waals surface area (Å²) in [4.78, 5) is 14.2. The quantitative estimate of drug-likeness (QED) is 0.845. The molecule has 0 spiro atoms. The van der Waals surface area contributed by atoms with Gasteiger partial charge in [0.1, 0.15) is 0 Å². The van der Waals surface area contributed by atoms with Gasteiger partial charge in [-0.15, -0.1) is 0 Å². The number of amides is 1. The first-order valence-corrected chi connectivity index (χ1v) is 7.75. The van der Waals surface area contributed by atoms with Crippen molar-refractivity contribution in [1.29, 1.82) is 0 Å². The van der Waals surface area contributed by atoms with E-state index in [2.05, 4.69) is 37.4 Å². The molecule has 0 atom stereocenters. The van der Waals surface area contributed by atoms with E-state index in [1.165, 1.54) is 11.1 Å². The van der Waals surface area contributed by atoms with Crippen LogP contribution in [0.5, 0.6) is 0 Å². The minimum absolute atomic E-state index is 0.0650. The summed E-state index contributed by atoms with van der Waals surface area (Å²) in [6, 6.07) is 11.7. The molecule has 2 rings (SSSR count). The minimum atomic E-state index is -0.0650. The molecule has 0 saturated carbocycles. The molecular weight excluding hydrogens is 280 g/mol. The predicted molar refractivity (Wildman–Crippen MR) is 88.9 cm³/mol. The van der Waals surface area contributed by atoms with Crippen LogP contribution < -0.4 is 11.1 Å². The highest BCUT2D eigenvalue weighted by atomic mass is 32.2. The number of benzene rings is 2. The Morgan fingerprint density at radius 3 is 2.57 bits per heavy atom. The molecule has 0 unspecified atom stereocenters. The number of nitrogen functional groups attached to an aromatic ring is 1. The van der Waals surface area contributed by atoms with E-state index in [1.54, 1.807) is 23.9 Å². The monoisotopic (exact) mass is 300 g/mol. The molecule has 0 bridgehead atoms. The van der Waals surface area contributed by atoms with E-state index in [4.69, 9.17) is 5.73 Å². The Bertz CT molecular complexity index is 668. The molecule has 2 aromatic carbocycles. The number of carbonyl (C=O) groups is 1. The molecule has 0 aliphatic rings. The summed E-state index contributed by atoms with van der Waals surface area (Å²) in [5.41, 5.74) is 9.63. The molecular formula is C17H20N2OS. The van der Waals surface area contributed by atoms with Crippen molar-refractivity contribution in [3.05, 3.63) is 53.1 Å². The lowest BCUT2D eigenvalue weighted by atomic mass is 10.2. The number of rotatable bonds is 4. The van der Waals surface area contributed by atoms with Crippen molar-refractivity contribution in [2.24, 2.45) is 0 Å². The van der Waals surface area contributed by atoms with Gasteiger partial charge in [-0.05, 0) is 50.6 Å². The number of aryl methyl sites for hydroxylation is 2. The first-order valence-electron chi connectivity index (χ1n) is 6.94. The van der Waals surface area contributed by atoms with Gasteiger partial charge in [0.25, 0.3) is 5.91 Å². The predicted octanol–water partition coefficient (Wildman–Crippen LogP) is 3.79. The van der Waals surface area contributed by atoms with Crippen molar-refractivity contribution in [3.63, 3.8) is 0 Å². The van der Waals surface area contributed by atoms with Gasteiger partial charge in [-0.3, -0.25) is 4.79 Å². The van der Waals surface area contributed by atoms with E-state index in [0.717, 1.165) is 9.79 Å². The summed E-state index contributed by atoms with van der Waals surface area (Å²) >= 11 is 1.58. The summed E-state index contributed by atoms with van der Waals surface area (Å²) in [5, 5.41) is 2.84. The van der Waals surface area contributed by atoms with Crippen LogP contribution in [-0.4, -0.2) is 12.5 Å². The molecule has 110 valence electrons. The fourth-order valence-electron chi connectivity index (χ4n) is 2.10. The second kappa shape index (κ2) is 6.68. The van der Waals surface area contributed by atoms with E-state index in [-0.39, 0.29) is 5.91 Å². The van der Waals surface area contributed by atoms with Gasteiger partial charge in [0.2, 0.25) is 0 Å². The number of anilines is 1. The van der Waals surface area contributed by atoms with Gasteiger partial charge < -0.3 is 11.1 Å². The van der Waals surface area contributed by atoms with Crippen LogP contribution in [0, 0.1) is 13.8 Å². The SMILES string of the molecule is CCNC(=O)c1ccc(N)cc1Sc1ccc(C)cc1C. The third-order valence-electron chi connectivity index (χ3n) is 3.14. The molecule has 0 aliphatic carbocycles. The topological polar surface area (TPSA) is 55.1 Å². The van der Waals surface area contributed by atoms with E-state index in [0.29, 0.717) is 17.8 Å². The van der Waals surface area contributed by atoms with Crippen molar-refractivity contribution in [1.82, 2.24) is 5.32 Å². The highest BCUT2D eigenvalue weighted by Crippen LogP contribution is 2.34. The maximum atomic E-state index is 12.1. The normalized spacial score (nSPS) is 10.4. The Morgan fingerprint density at radius 1 is 1.14 bits per heavy atom. The number of hydrogen-bond acceptors (Lipinski definition) is 3. The van der Waals surface area contributed by atoms with E-state index in [1.807, 2.05) is 13.0 Å². The van der Waals surface area contributed by atoms with E-state index in [9.17, 15) is 4.79 Å². The summed E-state index contributed by atoms with van der Waals surface area (Å²) in [6.07, 6.45) is 0. The summed E-state index contributed by atoms with van der Waals surface area (Å²) in [6.45, 7) is 6.67. The maximum absolute atomic E-state index is 12.1. The smallest absolute Gasteiger partial charge is 0.252 e. The molecule has 1 amide bonds. The molecule has 4 heteroatoms. The molecule has 2 aromatic rings. The van der Waals surface area contributed by atoms with Gasteiger partial charge in [-0.25, -0.2) is 0 Å². The summed E-state index contributed by atoms with van der Waals surface area (Å²) < 4.78 is 0. The van der Waals surface area contributed by atoms with Gasteiger partial charge in [-0.1, -0.05) is 29.5 Å². The van der Waals surface area contributed by atoms with Crippen LogP contribution in [0.1, 0.15) is 28.4 Å². The van der Waals surface area contributed by atoms with Gasteiger partial charge in [-0.2, -0.15) is 0 Å². The highest BCUT2D eigenvalue weighted by molar-refractivity contribution is 7.99. The van der Waals surface area contributed by atoms with Crippen molar-refractivity contribution in [2.75, 3.05) is 12.3 Å². The van der Waals surface area contributed by atoms with E-state index < -0.39 is 0 Å². The lowest BCUT2D eigenvalue weighted by Gasteiger charge is -2.12. The maximum Gasteiger partial charge on any atom is 0.252 e. The number of nitrogens with one attached hydrogen (secondary N) is 1. The summed E-state index contributed by atoms with van der Waals surface area (Å²) in [7, 11) is 0. The van der Waals surface area contributed by atoms with Crippen molar-refractivity contribution < 1.29 is 4.79 Å². The van der Waals surface area contributed by atoms with Crippen LogP contribution in [0.15, 0.2) is 46.2 Å². The lowest BCUT2D eigenvalue weighted by molar-refractivity contribution is 0.0953. The zero-order chi connectivity index (χ0) is 15.4. The van der Waals surface area contributed by atoms with Crippen LogP contribution in [0.4, 0.5) is 5.69 Å². The van der Waals surface area contributed by atoms with Crippen molar-refractivity contribution >= 4 is 23.4 Å². The average Bonchev–Trinajstić information content (AvgIpc) is 2.42. The van der Waals surface area contributed by atoms with Crippen LogP contribution in [-0.2, 0) is 0 Å².